The van der Waals surface area contributed by atoms with Gasteiger partial charge >= 0.3 is 0 Å². The number of benzene rings is 3. The summed E-state index contributed by atoms with van der Waals surface area (Å²) in [7, 11) is 3.11. The van der Waals surface area contributed by atoms with Crippen LogP contribution in [-0.4, -0.2) is 172 Å². The van der Waals surface area contributed by atoms with Gasteiger partial charge in [-0.1, -0.05) is 87.5 Å². The Labute approximate surface area is 514 Å². The Kier molecular flexibility index (Phi) is 26.6. The summed E-state index contributed by atoms with van der Waals surface area (Å²) in [4.78, 5) is 57.1. The van der Waals surface area contributed by atoms with Crippen molar-refractivity contribution in [3.05, 3.63) is 87.1 Å². The maximum absolute atomic E-state index is 14.0. The smallest absolute Gasteiger partial charge is 0.246 e. The second-order valence-electron chi connectivity index (χ2n) is 22.7. The molecule has 0 unspecified atom stereocenters. The molecule has 3 atom stereocenters. The number of nitriles is 1. The fraction of sp³-hybridized carbons (Fsp3) is 0.556. The molecule has 2 fully saturated rings. The highest BCUT2D eigenvalue weighted by molar-refractivity contribution is 7.13. The Hall–Kier alpha value is -5.86. The fourth-order valence-corrected chi connectivity index (χ4v) is 11.7. The number of carbonyl (C=O) groups excluding carboxylic acids is 3. The first-order chi connectivity index (χ1) is 41.1. The molecule has 0 radical (unpaired) electrons. The number of aryl methyl sites for hydroxylation is 1. The van der Waals surface area contributed by atoms with E-state index in [2.05, 4.69) is 41.8 Å². The van der Waals surface area contributed by atoms with E-state index in [1.807, 2.05) is 69.6 Å². The Balaban J connectivity index is 0.660. The van der Waals surface area contributed by atoms with Crippen LogP contribution in [0.4, 0.5) is 11.4 Å². The molecule has 0 bridgehead atoms. The molecular weight excluding hydrogens is 1150 g/mol. The van der Waals surface area contributed by atoms with Gasteiger partial charge in [-0.05, 0) is 74.2 Å². The van der Waals surface area contributed by atoms with Crippen LogP contribution in [0.5, 0.6) is 17.2 Å². The number of β-amino-alcohol motifs (C(OH)–C–C–N with tert-alkyl or cyclic N) is 1. The van der Waals surface area contributed by atoms with Crippen LogP contribution in [0.15, 0.2) is 60.2 Å². The van der Waals surface area contributed by atoms with Gasteiger partial charge in [0.2, 0.25) is 17.7 Å². The molecule has 0 spiro atoms. The minimum atomic E-state index is -0.866. The van der Waals surface area contributed by atoms with Gasteiger partial charge < -0.3 is 64.2 Å². The van der Waals surface area contributed by atoms with Crippen LogP contribution < -0.4 is 30.2 Å². The van der Waals surface area contributed by atoms with E-state index >= 15 is 0 Å². The first-order valence-corrected chi connectivity index (χ1v) is 31.3. The number of nitrogens with zero attached hydrogens (tertiary/aromatic N) is 6. The van der Waals surface area contributed by atoms with Gasteiger partial charge in [0, 0.05) is 95.6 Å². The van der Waals surface area contributed by atoms with E-state index in [4.69, 9.17) is 51.6 Å². The number of piperazine rings is 1. The highest BCUT2D eigenvalue weighted by Crippen LogP contribution is 2.41. The molecule has 3 amide bonds. The molecule has 2 saturated heterocycles. The van der Waals surface area contributed by atoms with Crippen molar-refractivity contribution in [3.8, 4) is 33.8 Å². The van der Waals surface area contributed by atoms with Crippen molar-refractivity contribution in [2.45, 2.75) is 117 Å². The summed E-state index contributed by atoms with van der Waals surface area (Å²) < 4.78 is 34.6. The number of hydrogen-bond acceptors (Lipinski definition) is 17. The number of nitrogens with one attached hydrogen (secondary N) is 3. The van der Waals surface area contributed by atoms with Crippen molar-refractivity contribution in [2.75, 3.05) is 112 Å². The van der Waals surface area contributed by atoms with Gasteiger partial charge in [0.15, 0.2) is 11.5 Å². The molecule has 2 aliphatic heterocycles. The lowest BCUT2D eigenvalue weighted by Gasteiger charge is -2.35. The quantitative estimate of drug-likeness (QED) is 0.0281. The first kappa shape index (κ1) is 66.7. The Bertz CT molecular complexity index is 2990. The number of rotatable bonds is 34. The van der Waals surface area contributed by atoms with Crippen molar-refractivity contribution in [1.82, 2.24) is 35.3 Å². The number of ether oxygens (including phenoxy) is 6. The van der Waals surface area contributed by atoms with Gasteiger partial charge in [-0.25, -0.2) is 4.98 Å². The number of fused-ring (bicyclic) bond motifs is 1. The third-order valence-electron chi connectivity index (χ3n) is 15.3. The van der Waals surface area contributed by atoms with Gasteiger partial charge in [-0.15, -0.1) is 11.3 Å². The molecule has 0 saturated carbocycles. The van der Waals surface area contributed by atoms with Crippen molar-refractivity contribution < 1.29 is 47.9 Å². The predicted octanol–water partition coefficient (Wildman–Crippen LogP) is 9.97. The van der Waals surface area contributed by atoms with E-state index in [1.54, 1.807) is 30.6 Å². The zero-order chi connectivity index (χ0) is 60.7. The summed E-state index contributed by atoms with van der Waals surface area (Å²) in [5.41, 5.74) is 6.16. The number of methoxy groups -OCH3 is 2. The number of aromatic nitrogens is 2. The van der Waals surface area contributed by atoms with Crippen LogP contribution >= 0.6 is 34.5 Å². The van der Waals surface area contributed by atoms with Gasteiger partial charge in [0.05, 0.1) is 102 Å². The highest BCUT2D eigenvalue weighted by Gasteiger charge is 2.44. The lowest BCUT2D eigenvalue weighted by Crippen LogP contribution is -2.57. The monoisotopic (exact) mass is 1230 g/mol. The number of thiazole rings is 1. The van der Waals surface area contributed by atoms with Crippen LogP contribution in [-0.2, 0) is 35.1 Å². The Morgan fingerprint density at radius 3 is 2.07 bits per heavy atom. The summed E-state index contributed by atoms with van der Waals surface area (Å²) >= 11 is 14.4. The molecule has 4 N–H and O–H groups in total. The molecule has 0 aliphatic carbocycles. The second kappa shape index (κ2) is 33.9. The maximum Gasteiger partial charge on any atom is 0.246 e. The first-order valence-electron chi connectivity index (χ1n) is 29.6. The number of unbranched alkanes of at least 4 members (excludes halogenated alkanes) is 5. The summed E-state index contributed by atoms with van der Waals surface area (Å²) in [5.74, 6) is 0.624. The minimum Gasteiger partial charge on any atom is -0.495 e. The average molecular weight is 1230 g/mol. The number of aliphatic hydroxyl groups excluding tert-OH is 1. The zero-order valence-electron chi connectivity index (χ0n) is 50.2. The number of aliphatic hydroxyl groups is 1. The minimum absolute atomic E-state index is 0.0246. The number of pyridine rings is 1. The van der Waals surface area contributed by atoms with E-state index in [1.165, 1.54) is 31.0 Å². The van der Waals surface area contributed by atoms with E-state index in [0.717, 1.165) is 99.7 Å². The van der Waals surface area contributed by atoms with Gasteiger partial charge in [0.1, 0.15) is 23.9 Å². The molecule has 2 aliphatic rings. The average Bonchev–Trinajstić information content (AvgIpc) is 4.23. The number of amides is 3. The largest absolute Gasteiger partial charge is 0.495 e. The van der Waals surface area contributed by atoms with Crippen LogP contribution in [0.3, 0.4) is 0 Å². The molecule has 5 aromatic rings. The fourth-order valence-electron chi connectivity index (χ4n) is 10.4. The van der Waals surface area contributed by atoms with E-state index in [-0.39, 0.29) is 43.7 Å². The van der Waals surface area contributed by atoms with Crippen LogP contribution in [0.1, 0.15) is 102 Å². The molecule has 2 aromatic heterocycles. The van der Waals surface area contributed by atoms with E-state index in [9.17, 15) is 24.8 Å². The normalized spacial score (nSPS) is 16.1. The van der Waals surface area contributed by atoms with Crippen molar-refractivity contribution in [2.24, 2.45) is 5.41 Å². The van der Waals surface area contributed by atoms with Gasteiger partial charge in [-0.2, -0.15) is 5.26 Å². The second-order valence-corrected chi connectivity index (χ2v) is 24.3. The van der Waals surface area contributed by atoms with Crippen LogP contribution in [0, 0.1) is 23.7 Å². The van der Waals surface area contributed by atoms with Crippen LogP contribution in [0.2, 0.25) is 10.0 Å². The highest BCUT2D eigenvalue weighted by atomic mass is 35.5. The summed E-state index contributed by atoms with van der Waals surface area (Å²) in [6.45, 7) is 18.0. The van der Waals surface area contributed by atoms with Crippen molar-refractivity contribution in [3.63, 3.8) is 0 Å². The lowest BCUT2D eigenvalue weighted by atomic mass is 9.85. The summed E-state index contributed by atoms with van der Waals surface area (Å²) in [6.07, 6.45) is 8.71. The third-order valence-corrected chi connectivity index (χ3v) is 16.9. The number of carbonyl (C=O) groups is 3. The molecule has 462 valence electrons. The number of halogens is 2. The Morgan fingerprint density at radius 2 is 1.44 bits per heavy atom. The number of likely N-dealkylation sites (tertiary alicyclic amines) is 1. The topological polar surface area (TPSA) is 222 Å². The van der Waals surface area contributed by atoms with Crippen LogP contribution in [0.25, 0.3) is 21.3 Å². The molecule has 4 heterocycles. The van der Waals surface area contributed by atoms with Gasteiger partial charge in [0.25, 0.3) is 0 Å². The summed E-state index contributed by atoms with van der Waals surface area (Å²) in [6, 6.07) is 15.4. The molecule has 7 rings (SSSR count). The van der Waals surface area contributed by atoms with Gasteiger partial charge in [-0.3, -0.25) is 19.4 Å². The van der Waals surface area contributed by atoms with E-state index < -0.39 is 23.6 Å². The van der Waals surface area contributed by atoms with Crippen molar-refractivity contribution in [1.29, 1.82) is 5.26 Å². The molecule has 85 heavy (non-hydrogen) atoms. The predicted molar refractivity (Wildman–Crippen MR) is 333 cm³/mol. The molecule has 3 aromatic carbocycles. The molecule has 19 nitrogen and oxygen atoms in total. The molecule has 22 heteroatoms. The lowest BCUT2D eigenvalue weighted by molar-refractivity contribution is -0.144. The van der Waals surface area contributed by atoms with E-state index in [0.29, 0.717) is 101 Å². The number of anilines is 2. The molecular formula is C63H85Cl2N9O10S. The standard InChI is InChI=1S/C63H85Cl2N9O10S/c1-43-59(85-42-69-43)45-18-16-44(17-19-45)39-68-61(77)53-33-47(75)41-74(53)62(78)60(63(2,3)4)71-57(76)15-10-9-13-27-82-30-32-83-31-29-81-26-12-8-7-11-20-72-22-24-73(25-23-72)21-14-28-84-56-36-51-48(34-55(56)80-6)58(46(38-66)40-67-51)70-52-37-54(79-5)50(65)35-49(52)64/h16-19,34-37,40,42,47,53,60,75H,7-15,20-33,39,41H2,1-6H3,(H,67,70)(H,68,77)(H,71,76)/t47-,53+,60-/m1/s1. The van der Waals surface area contributed by atoms with Crippen molar-refractivity contribution >= 4 is 74.5 Å². The Morgan fingerprint density at radius 1 is 0.788 bits per heavy atom. The third kappa shape index (κ3) is 20.1. The summed E-state index contributed by atoms with van der Waals surface area (Å²) in [5, 5.41) is 31.1. The SMILES string of the molecule is COc1cc(Nc2c(C#N)cnc3cc(OCCCN4CCN(CCCCCCOCCOCCOCCCCCC(=O)N[C@H](C(=O)N5C[C@H](O)C[C@H]5C(=O)NCc5ccc(-c6scnc6C)cc5)C(C)(C)C)CC4)c(OC)cc23)c(Cl)cc1Cl. The number of hydrogen-bond donors (Lipinski definition) is 4. The zero-order valence-corrected chi connectivity index (χ0v) is 52.5. The maximum atomic E-state index is 14.0.